The summed E-state index contributed by atoms with van der Waals surface area (Å²) in [6.45, 7) is 3.97. The fourth-order valence-electron chi connectivity index (χ4n) is 3.29. The maximum atomic E-state index is 13.0. The molecule has 30 heavy (non-hydrogen) atoms. The van der Waals surface area contributed by atoms with E-state index < -0.39 is 29.3 Å². The van der Waals surface area contributed by atoms with Crippen LogP contribution in [0.25, 0.3) is 0 Å². The Balaban J connectivity index is 2.01. The van der Waals surface area contributed by atoms with Crippen molar-refractivity contribution in [1.82, 2.24) is 5.32 Å². The topological polar surface area (TPSA) is 90.9 Å². The lowest BCUT2D eigenvalue weighted by Gasteiger charge is -2.38. The number of carbonyl (C=O) groups is 3. The third-order valence-corrected chi connectivity index (χ3v) is 4.91. The molecule has 1 N–H and O–H groups in total. The van der Waals surface area contributed by atoms with Gasteiger partial charge in [0, 0.05) is 11.5 Å². The van der Waals surface area contributed by atoms with E-state index in [9.17, 15) is 14.4 Å². The van der Waals surface area contributed by atoms with Gasteiger partial charge in [-0.1, -0.05) is 30.3 Å². The van der Waals surface area contributed by atoms with Gasteiger partial charge in [-0.05, 0) is 49.8 Å². The van der Waals surface area contributed by atoms with E-state index in [4.69, 9.17) is 14.2 Å². The van der Waals surface area contributed by atoms with Gasteiger partial charge >= 0.3 is 11.9 Å². The first-order valence-corrected chi connectivity index (χ1v) is 9.51. The Kier molecular flexibility index (Phi) is 6.20. The van der Waals surface area contributed by atoms with E-state index in [1.807, 2.05) is 6.92 Å². The van der Waals surface area contributed by atoms with Crippen LogP contribution in [0.15, 0.2) is 66.4 Å². The minimum Gasteiger partial charge on any atom is -0.494 e. The Morgan fingerprint density at radius 3 is 2.37 bits per heavy atom. The normalized spacial score (nSPS) is 20.6. The highest BCUT2D eigenvalue weighted by Gasteiger charge is 2.48. The van der Waals surface area contributed by atoms with Crippen LogP contribution >= 0.6 is 0 Å². The summed E-state index contributed by atoms with van der Waals surface area (Å²) in [4.78, 5) is 37.8. The lowest BCUT2D eigenvalue weighted by Crippen LogP contribution is -2.58. The van der Waals surface area contributed by atoms with Crippen molar-refractivity contribution in [2.75, 3.05) is 13.7 Å². The van der Waals surface area contributed by atoms with Gasteiger partial charge in [-0.3, -0.25) is 4.79 Å². The molecular weight excluding hydrogens is 386 g/mol. The average molecular weight is 409 g/mol. The molecular formula is C23H23NO6. The third kappa shape index (κ3) is 4.20. The van der Waals surface area contributed by atoms with Crippen molar-refractivity contribution in [3.05, 3.63) is 77.6 Å². The molecule has 0 radical (unpaired) electrons. The molecule has 3 rings (SSSR count). The average Bonchev–Trinajstić information content (AvgIpc) is 2.76. The molecule has 2 aromatic rings. The molecule has 0 unspecified atom stereocenters. The number of benzene rings is 2. The quantitative estimate of drug-likeness (QED) is 0.738. The van der Waals surface area contributed by atoms with Crippen LogP contribution < -0.4 is 10.1 Å². The molecule has 0 aliphatic carbocycles. The summed E-state index contributed by atoms with van der Waals surface area (Å²) in [5.41, 5.74) is -0.343. The largest absolute Gasteiger partial charge is 0.494 e. The second-order valence-electron chi connectivity index (χ2n) is 6.91. The highest BCUT2D eigenvalue weighted by molar-refractivity contribution is 6.01. The molecule has 0 fully saturated rings. The van der Waals surface area contributed by atoms with Crippen molar-refractivity contribution in [3.63, 3.8) is 0 Å². The minimum absolute atomic E-state index is 0.215. The SMILES string of the molecule is CCOc1ccc([C@H]2C=C(C(=O)OC)OC(=O)[C@@]2(C)NC(=O)c2ccccc2)cc1. The number of carbonyl (C=O) groups excluding carboxylic acids is 3. The fourth-order valence-corrected chi connectivity index (χ4v) is 3.29. The lowest BCUT2D eigenvalue weighted by molar-refractivity contribution is -0.156. The third-order valence-electron chi connectivity index (χ3n) is 4.91. The van der Waals surface area contributed by atoms with E-state index in [1.165, 1.54) is 13.2 Å². The van der Waals surface area contributed by atoms with E-state index in [1.54, 1.807) is 61.5 Å². The van der Waals surface area contributed by atoms with Crippen LogP contribution in [-0.4, -0.2) is 37.1 Å². The number of ether oxygens (including phenoxy) is 3. The monoisotopic (exact) mass is 409 g/mol. The molecule has 7 heteroatoms. The number of hydrogen-bond donors (Lipinski definition) is 1. The highest BCUT2D eigenvalue weighted by atomic mass is 16.6. The Hall–Kier alpha value is -3.61. The summed E-state index contributed by atoms with van der Waals surface area (Å²) in [6.07, 6.45) is 1.49. The van der Waals surface area contributed by atoms with Crippen LogP contribution in [0.4, 0.5) is 0 Å². The van der Waals surface area contributed by atoms with E-state index in [-0.39, 0.29) is 5.76 Å². The van der Waals surface area contributed by atoms with Crippen molar-refractivity contribution in [2.45, 2.75) is 25.3 Å². The van der Waals surface area contributed by atoms with Gasteiger partial charge in [-0.15, -0.1) is 0 Å². The molecule has 0 saturated heterocycles. The summed E-state index contributed by atoms with van der Waals surface area (Å²) in [6, 6.07) is 15.7. The number of nitrogens with one attached hydrogen (secondary N) is 1. The number of amides is 1. The Morgan fingerprint density at radius 2 is 1.77 bits per heavy atom. The Labute approximate surface area is 174 Å². The molecule has 0 aromatic heterocycles. The number of esters is 2. The molecule has 0 spiro atoms. The van der Waals surface area contributed by atoms with Crippen LogP contribution in [0.3, 0.4) is 0 Å². The second kappa shape index (κ2) is 8.82. The van der Waals surface area contributed by atoms with E-state index in [0.29, 0.717) is 23.5 Å². The predicted molar refractivity (Wildman–Crippen MR) is 109 cm³/mol. The zero-order valence-corrected chi connectivity index (χ0v) is 17.0. The minimum atomic E-state index is -1.45. The zero-order chi connectivity index (χ0) is 21.7. The van der Waals surface area contributed by atoms with E-state index in [0.717, 1.165) is 0 Å². The molecule has 156 valence electrons. The van der Waals surface area contributed by atoms with Crippen LogP contribution in [0.2, 0.25) is 0 Å². The number of hydrogen-bond acceptors (Lipinski definition) is 6. The van der Waals surface area contributed by atoms with Crippen LogP contribution in [0.1, 0.15) is 35.7 Å². The first-order chi connectivity index (χ1) is 14.4. The van der Waals surface area contributed by atoms with Crippen molar-refractivity contribution in [2.24, 2.45) is 0 Å². The first-order valence-electron chi connectivity index (χ1n) is 9.51. The van der Waals surface area contributed by atoms with Crippen molar-refractivity contribution >= 4 is 17.8 Å². The van der Waals surface area contributed by atoms with Gasteiger partial charge in [-0.2, -0.15) is 0 Å². The fraction of sp³-hybridized carbons (Fsp3) is 0.261. The maximum absolute atomic E-state index is 13.0. The van der Waals surface area contributed by atoms with Gasteiger partial charge in [0.15, 0.2) is 0 Å². The lowest BCUT2D eigenvalue weighted by atomic mass is 9.78. The molecule has 2 atom stereocenters. The molecule has 0 bridgehead atoms. The number of rotatable bonds is 6. The summed E-state index contributed by atoms with van der Waals surface area (Å²) >= 11 is 0. The van der Waals surface area contributed by atoms with Crippen molar-refractivity contribution in [1.29, 1.82) is 0 Å². The Bertz CT molecular complexity index is 967. The number of methoxy groups -OCH3 is 1. The van der Waals surface area contributed by atoms with Gasteiger partial charge in [0.2, 0.25) is 5.76 Å². The molecule has 2 aromatic carbocycles. The molecule has 1 heterocycles. The predicted octanol–water partition coefficient (Wildman–Crippen LogP) is 2.97. The first kappa shape index (κ1) is 21.1. The van der Waals surface area contributed by atoms with Gasteiger partial charge in [0.1, 0.15) is 11.3 Å². The van der Waals surface area contributed by atoms with E-state index >= 15 is 0 Å². The smallest absolute Gasteiger partial charge is 0.373 e. The van der Waals surface area contributed by atoms with Crippen molar-refractivity contribution in [3.8, 4) is 5.75 Å². The van der Waals surface area contributed by atoms with Gasteiger partial charge in [0.25, 0.3) is 5.91 Å². The summed E-state index contributed by atoms with van der Waals surface area (Å²) in [7, 11) is 1.20. The molecule has 1 aliphatic rings. The number of cyclic esters (lactones) is 1. The Morgan fingerprint density at radius 1 is 1.10 bits per heavy atom. The van der Waals surface area contributed by atoms with E-state index in [2.05, 4.69) is 5.32 Å². The second-order valence-corrected chi connectivity index (χ2v) is 6.91. The van der Waals surface area contributed by atoms with Crippen LogP contribution in [0.5, 0.6) is 5.75 Å². The summed E-state index contributed by atoms with van der Waals surface area (Å²) in [5, 5.41) is 2.79. The maximum Gasteiger partial charge on any atom is 0.373 e. The molecule has 1 amide bonds. The molecule has 1 aliphatic heterocycles. The highest BCUT2D eigenvalue weighted by Crippen LogP contribution is 2.37. The van der Waals surface area contributed by atoms with Gasteiger partial charge in [-0.25, -0.2) is 9.59 Å². The molecule has 7 nitrogen and oxygen atoms in total. The standard InChI is InChI=1S/C23H23NO6/c1-4-29-17-12-10-15(11-13-17)18-14-19(21(26)28-3)30-22(27)23(18,2)24-20(25)16-8-6-5-7-9-16/h5-14,18H,4H2,1-3H3,(H,24,25)/t18-,23+/m1/s1. The zero-order valence-electron chi connectivity index (χ0n) is 17.0. The summed E-state index contributed by atoms with van der Waals surface area (Å²) in [5.74, 6) is -2.17. The molecule has 0 saturated carbocycles. The van der Waals surface area contributed by atoms with Gasteiger partial charge in [0.05, 0.1) is 13.7 Å². The summed E-state index contributed by atoms with van der Waals surface area (Å²) < 4.78 is 15.4. The van der Waals surface area contributed by atoms with Crippen LogP contribution in [-0.2, 0) is 19.1 Å². The van der Waals surface area contributed by atoms with Gasteiger partial charge < -0.3 is 19.5 Å². The van der Waals surface area contributed by atoms with Crippen LogP contribution in [0, 0.1) is 0 Å². The van der Waals surface area contributed by atoms with Crippen molar-refractivity contribution < 1.29 is 28.6 Å².